The van der Waals surface area contributed by atoms with E-state index in [1.165, 1.54) is 0 Å². The van der Waals surface area contributed by atoms with Crippen molar-refractivity contribution in [1.29, 1.82) is 0 Å². The van der Waals surface area contributed by atoms with Gasteiger partial charge in [0, 0.05) is 36.3 Å². The van der Waals surface area contributed by atoms with Gasteiger partial charge in [-0.1, -0.05) is 6.07 Å². The van der Waals surface area contributed by atoms with Crippen molar-refractivity contribution in [3.8, 4) is 11.3 Å². The van der Waals surface area contributed by atoms with Crippen molar-refractivity contribution >= 4 is 5.91 Å². The van der Waals surface area contributed by atoms with Crippen molar-refractivity contribution in [1.82, 2.24) is 20.1 Å². The minimum Gasteiger partial charge on any atom is -0.454 e. The molecule has 0 unspecified atom stereocenters. The average molecular weight is 502 g/mol. The molecule has 1 atom stereocenters. The summed E-state index contributed by atoms with van der Waals surface area (Å²) in [7, 11) is 0. The Kier molecular flexibility index (Phi) is 5.45. The fourth-order valence-corrected chi connectivity index (χ4v) is 5.06. The number of alkyl halides is 3. The Morgan fingerprint density at radius 3 is 2.78 bits per heavy atom. The van der Waals surface area contributed by atoms with E-state index in [2.05, 4.69) is 15.4 Å². The zero-order valence-electron chi connectivity index (χ0n) is 19.7. The van der Waals surface area contributed by atoms with E-state index in [-0.39, 0.29) is 35.6 Å². The van der Waals surface area contributed by atoms with Crippen LogP contribution < -0.4 is 5.32 Å². The third-order valence-corrected chi connectivity index (χ3v) is 7.07. The smallest absolute Gasteiger partial charge is 0.420 e. The number of carbonyl (C=O) groups excluding carboxylic acids is 1. The van der Waals surface area contributed by atoms with Gasteiger partial charge in [0.05, 0.1) is 43.7 Å². The van der Waals surface area contributed by atoms with Gasteiger partial charge in [-0.15, -0.1) is 0 Å². The highest BCUT2D eigenvalue weighted by Gasteiger charge is 2.55. The topological polar surface area (TPSA) is 91.4 Å². The summed E-state index contributed by atoms with van der Waals surface area (Å²) in [4.78, 5) is 17.3. The molecule has 1 N–H and O–H groups in total. The Labute approximate surface area is 204 Å². The Bertz CT molecular complexity index is 1300. The van der Waals surface area contributed by atoms with Crippen LogP contribution in [-0.4, -0.2) is 53.1 Å². The van der Waals surface area contributed by atoms with Gasteiger partial charge in [0.2, 0.25) is 5.76 Å². The van der Waals surface area contributed by atoms with E-state index >= 15 is 0 Å². The van der Waals surface area contributed by atoms with Crippen LogP contribution in [0.1, 0.15) is 51.5 Å². The molecule has 190 valence electrons. The van der Waals surface area contributed by atoms with Crippen molar-refractivity contribution < 1.29 is 31.9 Å². The summed E-state index contributed by atoms with van der Waals surface area (Å²) in [6, 6.07) is 3.80. The summed E-state index contributed by atoms with van der Waals surface area (Å²) in [6.07, 6.45) is 0.301. The van der Waals surface area contributed by atoms with Gasteiger partial charge >= 0.3 is 6.18 Å². The predicted octanol–water partition coefficient (Wildman–Crippen LogP) is 3.65. The largest absolute Gasteiger partial charge is 0.454 e. The van der Waals surface area contributed by atoms with Crippen LogP contribution in [0.2, 0.25) is 0 Å². The van der Waals surface area contributed by atoms with Gasteiger partial charge in [0.25, 0.3) is 5.91 Å². The van der Waals surface area contributed by atoms with Crippen LogP contribution in [-0.2, 0) is 34.0 Å². The number of hydrogen-bond donors (Lipinski definition) is 1. The molecule has 1 aliphatic heterocycles. The first-order chi connectivity index (χ1) is 17.2. The number of pyridine rings is 1. The summed E-state index contributed by atoms with van der Waals surface area (Å²) in [5.74, 6) is -1.50. The molecule has 1 spiro atoms. The number of halogens is 3. The van der Waals surface area contributed by atoms with E-state index in [1.807, 2.05) is 25.3 Å². The first-order valence-corrected chi connectivity index (χ1v) is 11.9. The molecule has 3 aromatic heterocycles. The van der Waals surface area contributed by atoms with Crippen LogP contribution in [0.3, 0.4) is 0 Å². The Hall–Kier alpha value is -3.18. The molecule has 36 heavy (non-hydrogen) atoms. The fraction of sp³-hybridized carbons (Fsp3) is 0.480. The van der Waals surface area contributed by atoms with Gasteiger partial charge in [0.1, 0.15) is 17.0 Å². The molecule has 2 fully saturated rings. The lowest BCUT2D eigenvalue weighted by atomic mass is 9.82. The van der Waals surface area contributed by atoms with Crippen LogP contribution in [0.15, 0.2) is 28.9 Å². The second kappa shape index (κ2) is 8.45. The lowest BCUT2D eigenvalue weighted by Gasteiger charge is -2.23. The van der Waals surface area contributed by atoms with Crippen LogP contribution in [0.25, 0.3) is 11.3 Å². The molecule has 1 saturated carbocycles. The van der Waals surface area contributed by atoms with Gasteiger partial charge in [-0.3, -0.25) is 14.5 Å². The van der Waals surface area contributed by atoms with E-state index in [0.717, 1.165) is 29.7 Å². The van der Waals surface area contributed by atoms with Gasteiger partial charge in [-0.2, -0.15) is 18.3 Å². The maximum atomic E-state index is 14.4. The quantitative estimate of drug-likeness (QED) is 0.573. The van der Waals surface area contributed by atoms with E-state index in [9.17, 15) is 18.0 Å². The number of ether oxygens (including phenoxy) is 2. The molecular formula is C25H25F3N4O4. The summed E-state index contributed by atoms with van der Waals surface area (Å²) < 4.78 is 61.2. The number of carbonyl (C=O) groups is 1. The predicted molar refractivity (Wildman–Crippen MR) is 121 cm³/mol. The number of aryl methyl sites for hydroxylation is 1. The molecule has 8 nitrogen and oxygen atoms in total. The van der Waals surface area contributed by atoms with Crippen molar-refractivity contribution in [2.24, 2.45) is 0 Å². The minimum absolute atomic E-state index is 0.0227. The molecule has 0 radical (unpaired) electrons. The molecular weight excluding hydrogens is 477 g/mol. The Balaban J connectivity index is 1.36. The summed E-state index contributed by atoms with van der Waals surface area (Å²) in [5, 5.41) is 7.08. The molecule has 0 bridgehead atoms. The zero-order chi connectivity index (χ0) is 25.1. The van der Waals surface area contributed by atoms with Crippen molar-refractivity contribution in [2.75, 3.05) is 26.4 Å². The number of amides is 1. The molecule has 3 aliphatic rings. The highest BCUT2D eigenvalue weighted by Crippen LogP contribution is 2.59. The van der Waals surface area contributed by atoms with E-state index in [0.29, 0.717) is 26.2 Å². The third kappa shape index (κ3) is 4.09. The number of hydrogen-bond acceptors (Lipinski definition) is 6. The highest BCUT2D eigenvalue weighted by molar-refractivity contribution is 5.96. The molecule has 1 saturated heterocycles. The molecule has 1 amide bonds. The highest BCUT2D eigenvalue weighted by atomic mass is 19.4. The van der Waals surface area contributed by atoms with Crippen molar-refractivity contribution in [3.05, 3.63) is 58.4 Å². The number of nitrogens with one attached hydrogen (secondary N) is 1. The maximum Gasteiger partial charge on any atom is 0.420 e. The molecule has 4 heterocycles. The molecule has 6 rings (SSSR count). The lowest BCUT2D eigenvalue weighted by molar-refractivity contribution is -0.137. The monoisotopic (exact) mass is 502 g/mol. The van der Waals surface area contributed by atoms with Crippen LogP contribution >= 0.6 is 0 Å². The number of fused-ring (bicyclic) bond motifs is 4. The molecule has 3 aromatic rings. The van der Waals surface area contributed by atoms with E-state index in [1.54, 1.807) is 10.9 Å². The first kappa shape index (κ1) is 23.2. The maximum absolute atomic E-state index is 14.4. The van der Waals surface area contributed by atoms with E-state index in [4.69, 9.17) is 13.9 Å². The number of aromatic nitrogens is 3. The van der Waals surface area contributed by atoms with Crippen LogP contribution in [0.4, 0.5) is 13.2 Å². The molecule has 0 aromatic carbocycles. The lowest BCUT2D eigenvalue weighted by Crippen LogP contribution is -2.40. The third-order valence-electron chi connectivity index (χ3n) is 7.07. The second-order valence-electron chi connectivity index (χ2n) is 9.75. The van der Waals surface area contributed by atoms with Crippen LogP contribution in [0.5, 0.6) is 0 Å². The van der Waals surface area contributed by atoms with Crippen molar-refractivity contribution in [2.45, 2.75) is 50.4 Å². The minimum atomic E-state index is -4.80. The Morgan fingerprint density at radius 1 is 1.28 bits per heavy atom. The second-order valence-corrected chi connectivity index (χ2v) is 9.75. The van der Waals surface area contributed by atoms with Crippen LogP contribution in [0, 0.1) is 6.92 Å². The van der Waals surface area contributed by atoms with E-state index < -0.39 is 29.5 Å². The summed E-state index contributed by atoms with van der Waals surface area (Å²) in [5.41, 5.74) is 1.26. The van der Waals surface area contributed by atoms with Gasteiger partial charge < -0.3 is 19.2 Å². The number of rotatable bonds is 5. The van der Waals surface area contributed by atoms with Gasteiger partial charge in [0.15, 0.2) is 0 Å². The standard InChI is InChI=1S/C25H25F3N4O4/c1-14-2-3-15(29-9-14)11-32-12-17-21(31-32)19-18(8-24(17)4-5-24)36-22(20(19)25(26,27)28)23(33)30-10-16-13-34-6-7-35-16/h2-3,9,12,16H,4-8,10-11,13H2,1H3,(H,30,33)/t16-/m1/s1. The SMILES string of the molecule is Cc1ccc(Cn2cc3c(n2)-c2c(oc(C(=O)NC[C@@H]4COCCO4)c2C(F)(F)F)CC32CC2)nc1. The number of nitrogens with zero attached hydrogens (tertiary/aromatic N) is 3. The zero-order valence-corrected chi connectivity index (χ0v) is 19.7. The van der Waals surface area contributed by atoms with Crippen molar-refractivity contribution in [3.63, 3.8) is 0 Å². The average Bonchev–Trinajstić information content (AvgIpc) is 3.30. The molecule has 2 aliphatic carbocycles. The summed E-state index contributed by atoms with van der Waals surface area (Å²) >= 11 is 0. The van der Waals surface area contributed by atoms with Gasteiger partial charge in [-0.05, 0) is 31.4 Å². The molecule has 11 heteroatoms. The Morgan fingerprint density at radius 2 is 2.11 bits per heavy atom. The summed E-state index contributed by atoms with van der Waals surface area (Å²) in [6.45, 7) is 3.37. The van der Waals surface area contributed by atoms with Gasteiger partial charge in [-0.25, -0.2) is 0 Å². The first-order valence-electron chi connectivity index (χ1n) is 11.9. The fourth-order valence-electron chi connectivity index (χ4n) is 5.06. The number of furan rings is 1. The normalized spacial score (nSPS) is 20.2.